The van der Waals surface area contributed by atoms with Crippen molar-refractivity contribution < 1.29 is 13.9 Å². The molecule has 0 saturated carbocycles. The second kappa shape index (κ2) is 8.43. The minimum Gasteiger partial charge on any atom is -0.380 e. The minimum absolute atomic E-state index is 0.0214. The fourth-order valence-electron chi connectivity index (χ4n) is 3.02. The van der Waals surface area contributed by atoms with Crippen LogP contribution in [0.5, 0.6) is 0 Å². The molecular formula is C21H22FNO2S. The van der Waals surface area contributed by atoms with Gasteiger partial charge in [0.2, 0.25) is 0 Å². The average Bonchev–Trinajstić information content (AvgIpc) is 3.01. The van der Waals surface area contributed by atoms with E-state index in [1.165, 1.54) is 23.0 Å². The molecule has 2 aromatic carbocycles. The molecule has 0 aliphatic heterocycles. The molecule has 0 bridgehead atoms. The summed E-state index contributed by atoms with van der Waals surface area (Å²) < 4.78 is 20.2. The summed E-state index contributed by atoms with van der Waals surface area (Å²) in [4.78, 5) is 13.3. The van der Waals surface area contributed by atoms with Gasteiger partial charge in [-0.3, -0.25) is 4.79 Å². The zero-order chi connectivity index (χ0) is 18.5. The van der Waals surface area contributed by atoms with Gasteiger partial charge in [-0.05, 0) is 37.5 Å². The maximum Gasteiger partial charge on any atom is 0.261 e. The van der Waals surface area contributed by atoms with E-state index >= 15 is 0 Å². The summed E-state index contributed by atoms with van der Waals surface area (Å²) in [6, 6.07) is 15.1. The van der Waals surface area contributed by atoms with E-state index in [-0.39, 0.29) is 24.4 Å². The Morgan fingerprint density at radius 3 is 2.69 bits per heavy atom. The molecule has 3 aromatic rings. The SMILES string of the molecule is COCc1c(C(=O)NC(C)CCc2ccccc2)sc2cccc(F)c12. The lowest BCUT2D eigenvalue weighted by molar-refractivity contribution is 0.0938. The van der Waals surface area contributed by atoms with Crippen LogP contribution in [0.1, 0.15) is 34.1 Å². The molecule has 26 heavy (non-hydrogen) atoms. The number of rotatable bonds is 7. The van der Waals surface area contributed by atoms with E-state index in [1.54, 1.807) is 13.2 Å². The maximum absolute atomic E-state index is 14.2. The van der Waals surface area contributed by atoms with Crippen LogP contribution in [0.2, 0.25) is 0 Å². The Morgan fingerprint density at radius 1 is 1.19 bits per heavy atom. The molecule has 0 aliphatic carbocycles. The fourth-order valence-corrected chi connectivity index (χ4v) is 4.15. The summed E-state index contributed by atoms with van der Waals surface area (Å²) in [6.07, 6.45) is 1.74. The van der Waals surface area contributed by atoms with Crippen molar-refractivity contribution in [1.82, 2.24) is 5.32 Å². The molecule has 1 heterocycles. The highest BCUT2D eigenvalue weighted by Crippen LogP contribution is 2.33. The van der Waals surface area contributed by atoms with Crippen LogP contribution in [-0.2, 0) is 17.8 Å². The summed E-state index contributed by atoms with van der Waals surface area (Å²) in [5.41, 5.74) is 1.87. The molecular weight excluding hydrogens is 349 g/mol. The third-order valence-corrected chi connectivity index (χ3v) is 5.54. The van der Waals surface area contributed by atoms with Crippen LogP contribution < -0.4 is 5.32 Å². The molecule has 136 valence electrons. The normalized spacial score (nSPS) is 12.3. The van der Waals surface area contributed by atoms with E-state index in [0.29, 0.717) is 15.8 Å². The number of hydrogen-bond acceptors (Lipinski definition) is 3. The molecule has 1 atom stereocenters. The smallest absolute Gasteiger partial charge is 0.261 e. The predicted octanol–water partition coefficient (Wildman–Crippen LogP) is 4.94. The Morgan fingerprint density at radius 2 is 1.96 bits per heavy atom. The maximum atomic E-state index is 14.2. The van der Waals surface area contributed by atoms with Crippen molar-refractivity contribution in [2.24, 2.45) is 0 Å². The summed E-state index contributed by atoms with van der Waals surface area (Å²) in [5.74, 6) is -0.486. The first-order chi connectivity index (χ1) is 12.6. The second-order valence-electron chi connectivity index (χ2n) is 6.35. The van der Waals surface area contributed by atoms with Gasteiger partial charge in [-0.25, -0.2) is 4.39 Å². The average molecular weight is 371 g/mol. The van der Waals surface area contributed by atoms with E-state index in [4.69, 9.17) is 4.74 Å². The topological polar surface area (TPSA) is 38.3 Å². The number of carbonyl (C=O) groups is 1. The van der Waals surface area contributed by atoms with Crippen LogP contribution >= 0.6 is 11.3 Å². The van der Waals surface area contributed by atoms with Crippen molar-refractivity contribution in [3.05, 3.63) is 70.4 Å². The number of thiophene rings is 1. The predicted molar refractivity (Wildman–Crippen MR) is 104 cm³/mol. The molecule has 1 aromatic heterocycles. The van der Waals surface area contributed by atoms with Gasteiger partial charge >= 0.3 is 0 Å². The highest BCUT2D eigenvalue weighted by atomic mass is 32.1. The molecule has 1 N–H and O–H groups in total. The Hall–Kier alpha value is -2.24. The van der Waals surface area contributed by atoms with Gasteiger partial charge < -0.3 is 10.1 Å². The number of carbonyl (C=O) groups excluding carboxylic acids is 1. The molecule has 1 amide bonds. The first kappa shape index (κ1) is 18.5. The number of methoxy groups -OCH3 is 1. The van der Waals surface area contributed by atoms with Crippen molar-refractivity contribution >= 4 is 27.3 Å². The van der Waals surface area contributed by atoms with Gasteiger partial charge in [0, 0.05) is 28.8 Å². The van der Waals surface area contributed by atoms with Gasteiger partial charge in [0.25, 0.3) is 5.91 Å². The first-order valence-electron chi connectivity index (χ1n) is 8.63. The molecule has 3 rings (SSSR count). The number of benzene rings is 2. The highest BCUT2D eigenvalue weighted by Gasteiger charge is 2.21. The van der Waals surface area contributed by atoms with Crippen molar-refractivity contribution in [3.63, 3.8) is 0 Å². The quantitative estimate of drug-likeness (QED) is 0.639. The number of fused-ring (bicyclic) bond motifs is 1. The van der Waals surface area contributed by atoms with Gasteiger partial charge in [0.15, 0.2) is 0 Å². The zero-order valence-corrected chi connectivity index (χ0v) is 15.7. The molecule has 5 heteroatoms. The van der Waals surface area contributed by atoms with Crippen LogP contribution in [0.4, 0.5) is 4.39 Å². The van der Waals surface area contributed by atoms with Crippen molar-refractivity contribution in [1.29, 1.82) is 0 Å². The standard InChI is InChI=1S/C21H22FNO2S/c1-14(11-12-15-7-4-3-5-8-15)23-21(24)20-16(13-25-2)19-17(22)9-6-10-18(19)26-20/h3-10,14H,11-13H2,1-2H3,(H,23,24). The van der Waals surface area contributed by atoms with Crippen LogP contribution in [0.15, 0.2) is 48.5 Å². The highest BCUT2D eigenvalue weighted by molar-refractivity contribution is 7.21. The molecule has 0 saturated heterocycles. The summed E-state index contributed by atoms with van der Waals surface area (Å²) >= 11 is 1.31. The van der Waals surface area contributed by atoms with Crippen LogP contribution in [0.3, 0.4) is 0 Å². The van der Waals surface area contributed by atoms with E-state index in [2.05, 4.69) is 17.4 Å². The van der Waals surface area contributed by atoms with Crippen LogP contribution in [0.25, 0.3) is 10.1 Å². The number of halogens is 1. The largest absolute Gasteiger partial charge is 0.380 e. The second-order valence-corrected chi connectivity index (χ2v) is 7.41. The summed E-state index contributed by atoms with van der Waals surface area (Å²) in [5, 5.41) is 3.53. The van der Waals surface area contributed by atoms with Gasteiger partial charge in [-0.15, -0.1) is 11.3 Å². The van der Waals surface area contributed by atoms with Gasteiger partial charge in [-0.1, -0.05) is 36.4 Å². The minimum atomic E-state index is -0.318. The summed E-state index contributed by atoms with van der Waals surface area (Å²) in [6.45, 7) is 2.20. The third-order valence-electron chi connectivity index (χ3n) is 4.34. The van der Waals surface area contributed by atoms with E-state index < -0.39 is 0 Å². The van der Waals surface area contributed by atoms with Crippen LogP contribution in [0, 0.1) is 5.82 Å². The molecule has 0 radical (unpaired) electrons. The Bertz CT molecular complexity index is 892. The van der Waals surface area contributed by atoms with Gasteiger partial charge in [0.1, 0.15) is 5.82 Å². The molecule has 0 spiro atoms. The Kier molecular flexibility index (Phi) is 6.01. The number of hydrogen-bond donors (Lipinski definition) is 1. The number of nitrogens with one attached hydrogen (secondary N) is 1. The Balaban J connectivity index is 1.74. The molecule has 0 fully saturated rings. The zero-order valence-electron chi connectivity index (χ0n) is 14.9. The van der Waals surface area contributed by atoms with Crippen molar-refractivity contribution in [2.45, 2.75) is 32.4 Å². The fraction of sp³-hybridized carbons (Fsp3) is 0.286. The van der Waals surface area contributed by atoms with Crippen molar-refractivity contribution in [3.8, 4) is 0 Å². The van der Waals surface area contributed by atoms with Crippen molar-refractivity contribution in [2.75, 3.05) is 7.11 Å². The van der Waals surface area contributed by atoms with Gasteiger partial charge in [0.05, 0.1) is 11.5 Å². The molecule has 3 nitrogen and oxygen atoms in total. The number of ether oxygens (including phenoxy) is 1. The van der Waals surface area contributed by atoms with Crippen LogP contribution in [-0.4, -0.2) is 19.1 Å². The lowest BCUT2D eigenvalue weighted by Crippen LogP contribution is -2.33. The number of amides is 1. The molecule has 0 aliphatic rings. The van der Waals surface area contributed by atoms with E-state index in [1.807, 2.05) is 31.2 Å². The number of aryl methyl sites for hydroxylation is 1. The Labute approximate surface area is 156 Å². The lowest BCUT2D eigenvalue weighted by atomic mass is 10.1. The third kappa shape index (κ3) is 4.11. The first-order valence-corrected chi connectivity index (χ1v) is 9.45. The van der Waals surface area contributed by atoms with Gasteiger partial charge in [-0.2, -0.15) is 0 Å². The lowest BCUT2D eigenvalue weighted by Gasteiger charge is -2.14. The van der Waals surface area contributed by atoms with E-state index in [0.717, 1.165) is 17.5 Å². The molecule has 1 unspecified atom stereocenters. The van der Waals surface area contributed by atoms with E-state index in [9.17, 15) is 9.18 Å². The monoisotopic (exact) mass is 371 g/mol. The summed E-state index contributed by atoms with van der Waals surface area (Å²) in [7, 11) is 1.55.